The van der Waals surface area contributed by atoms with Gasteiger partial charge >= 0.3 is 0 Å². The van der Waals surface area contributed by atoms with Gasteiger partial charge in [-0.25, -0.2) is 0 Å². The van der Waals surface area contributed by atoms with Crippen molar-refractivity contribution in [2.45, 2.75) is 0 Å². The van der Waals surface area contributed by atoms with Crippen LogP contribution in [0.3, 0.4) is 0 Å². The van der Waals surface area contributed by atoms with Gasteiger partial charge in [-0.15, -0.1) is 0 Å². The Balaban J connectivity index is 3.23. The number of hydrogen-bond acceptors (Lipinski definition) is 2. The minimum atomic E-state index is 0.891. The summed E-state index contributed by atoms with van der Waals surface area (Å²) >= 11 is 3.38. The van der Waals surface area contributed by atoms with E-state index in [4.69, 9.17) is 5.41 Å². The summed E-state index contributed by atoms with van der Waals surface area (Å²) in [6.07, 6.45) is 1.33. The Morgan fingerprint density at radius 3 is 2.73 bits per heavy atom. The van der Waals surface area contributed by atoms with Crippen molar-refractivity contribution in [2.24, 2.45) is 0 Å². The van der Waals surface area contributed by atoms with Crippen molar-refractivity contribution in [1.82, 2.24) is 0 Å². The molecule has 3 heteroatoms. The summed E-state index contributed by atoms with van der Waals surface area (Å²) in [5.41, 5.74) is 1.85. The van der Waals surface area contributed by atoms with Crippen LogP contribution in [-0.2, 0) is 0 Å². The standard InChI is InChI=1S/C8H9BrN2/c1-11-8-6(5-10)3-2-4-7(8)9/h2-5,10-11H,1H3. The van der Waals surface area contributed by atoms with Crippen molar-refractivity contribution < 1.29 is 0 Å². The lowest BCUT2D eigenvalue weighted by molar-refractivity contribution is 1.45. The zero-order valence-corrected chi connectivity index (χ0v) is 7.77. The van der Waals surface area contributed by atoms with Crippen LogP contribution in [0.15, 0.2) is 22.7 Å². The number of rotatable bonds is 2. The average molecular weight is 213 g/mol. The van der Waals surface area contributed by atoms with E-state index in [-0.39, 0.29) is 0 Å². The Hall–Kier alpha value is -0.830. The SMILES string of the molecule is CNc1c(Br)cccc1C=N. The van der Waals surface area contributed by atoms with E-state index in [1.807, 2.05) is 25.2 Å². The van der Waals surface area contributed by atoms with Crippen LogP contribution in [0.4, 0.5) is 5.69 Å². The van der Waals surface area contributed by atoms with Crippen molar-refractivity contribution in [3.63, 3.8) is 0 Å². The molecule has 0 saturated heterocycles. The molecule has 0 aliphatic heterocycles. The molecule has 0 fully saturated rings. The quantitative estimate of drug-likeness (QED) is 0.727. The van der Waals surface area contributed by atoms with Crippen molar-refractivity contribution in [3.05, 3.63) is 28.2 Å². The summed E-state index contributed by atoms with van der Waals surface area (Å²) in [7, 11) is 1.84. The maximum atomic E-state index is 7.10. The van der Waals surface area contributed by atoms with Gasteiger partial charge in [-0.05, 0) is 22.0 Å². The van der Waals surface area contributed by atoms with Crippen LogP contribution in [0.25, 0.3) is 0 Å². The molecule has 0 spiro atoms. The lowest BCUT2D eigenvalue weighted by atomic mass is 10.2. The summed E-state index contributed by atoms with van der Waals surface area (Å²) in [6, 6.07) is 5.74. The molecule has 0 unspecified atom stereocenters. The van der Waals surface area contributed by atoms with Crippen LogP contribution in [-0.4, -0.2) is 13.3 Å². The first-order valence-electron chi connectivity index (χ1n) is 3.26. The van der Waals surface area contributed by atoms with Gasteiger partial charge in [0.1, 0.15) is 0 Å². The first-order chi connectivity index (χ1) is 5.29. The zero-order valence-electron chi connectivity index (χ0n) is 6.19. The van der Waals surface area contributed by atoms with E-state index >= 15 is 0 Å². The minimum Gasteiger partial charge on any atom is -0.387 e. The van der Waals surface area contributed by atoms with Crippen molar-refractivity contribution in [1.29, 1.82) is 5.41 Å². The number of nitrogens with one attached hydrogen (secondary N) is 2. The normalized spacial score (nSPS) is 9.27. The topological polar surface area (TPSA) is 35.9 Å². The largest absolute Gasteiger partial charge is 0.387 e. The lowest BCUT2D eigenvalue weighted by Gasteiger charge is -2.05. The molecule has 0 aromatic heterocycles. The molecule has 0 heterocycles. The fraction of sp³-hybridized carbons (Fsp3) is 0.125. The number of hydrogen-bond donors (Lipinski definition) is 2. The van der Waals surface area contributed by atoms with E-state index in [1.165, 1.54) is 6.21 Å². The highest BCUT2D eigenvalue weighted by atomic mass is 79.9. The molecular formula is C8H9BrN2. The van der Waals surface area contributed by atoms with E-state index < -0.39 is 0 Å². The molecule has 0 amide bonds. The molecule has 11 heavy (non-hydrogen) atoms. The first kappa shape index (κ1) is 8.27. The maximum absolute atomic E-state index is 7.10. The summed E-state index contributed by atoms with van der Waals surface area (Å²) in [6.45, 7) is 0. The Bertz CT molecular complexity index is 271. The van der Waals surface area contributed by atoms with Gasteiger partial charge in [0.05, 0.1) is 5.69 Å². The highest BCUT2D eigenvalue weighted by Crippen LogP contribution is 2.24. The van der Waals surface area contributed by atoms with Gasteiger partial charge < -0.3 is 10.7 Å². The molecular weight excluding hydrogens is 204 g/mol. The summed E-state index contributed by atoms with van der Waals surface area (Å²) in [5, 5.41) is 10.1. The third-order valence-corrected chi connectivity index (χ3v) is 2.11. The van der Waals surface area contributed by atoms with Gasteiger partial charge in [-0.1, -0.05) is 12.1 Å². The number of halogens is 1. The van der Waals surface area contributed by atoms with Gasteiger partial charge in [0.25, 0.3) is 0 Å². The average Bonchev–Trinajstić information content (AvgIpc) is 2.04. The summed E-state index contributed by atoms with van der Waals surface area (Å²) < 4.78 is 0.987. The first-order valence-corrected chi connectivity index (χ1v) is 4.05. The molecule has 1 aromatic carbocycles. The molecule has 0 aliphatic rings. The van der Waals surface area contributed by atoms with Gasteiger partial charge in [-0.3, -0.25) is 0 Å². The van der Waals surface area contributed by atoms with Crippen LogP contribution in [0.5, 0.6) is 0 Å². The second kappa shape index (κ2) is 3.53. The molecule has 2 nitrogen and oxygen atoms in total. The van der Waals surface area contributed by atoms with Crippen molar-refractivity contribution >= 4 is 27.8 Å². The van der Waals surface area contributed by atoms with E-state index in [0.717, 1.165) is 15.7 Å². The fourth-order valence-electron chi connectivity index (χ4n) is 0.925. The van der Waals surface area contributed by atoms with Crippen molar-refractivity contribution in [3.8, 4) is 0 Å². The number of para-hydroxylation sites is 1. The Morgan fingerprint density at radius 2 is 2.27 bits per heavy atom. The van der Waals surface area contributed by atoms with Crippen molar-refractivity contribution in [2.75, 3.05) is 12.4 Å². The highest BCUT2D eigenvalue weighted by Gasteiger charge is 2.00. The summed E-state index contributed by atoms with van der Waals surface area (Å²) in [4.78, 5) is 0. The van der Waals surface area contributed by atoms with Gasteiger partial charge in [0.15, 0.2) is 0 Å². The smallest absolute Gasteiger partial charge is 0.0570 e. The van der Waals surface area contributed by atoms with Crippen LogP contribution in [0.2, 0.25) is 0 Å². The Kier molecular flexibility index (Phi) is 2.65. The van der Waals surface area contributed by atoms with E-state index in [0.29, 0.717) is 0 Å². The van der Waals surface area contributed by atoms with Crippen LogP contribution < -0.4 is 5.32 Å². The number of benzene rings is 1. The second-order valence-corrected chi connectivity index (χ2v) is 2.95. The highest BCUT2D eigenvalue weighted by molar-refractivity contribution is 9.10. The monoisotopic (exact) mass is 212 g/mol. The molecule has 0 atom stereocenters. The molecule has 0 bridgehead atoms. The zero-order chi connectivity index (χ0) is 8.27. The third-order valence-electron chi connectivity index (χ3n) is 1.45. The molecule has 0 aliphatic carbocycles. The van der Waals surface area contributed by atoms with Crippen LogP contribution in [0, 0.1) is 5.41 Å². The van der Waals surface area contributed by atoms with E-state index in [1.54, 1.807) is 0 Å². The maximum Gasteiger partial charge on any atom is 0.0570 e. The fourth-order valence-corrected chi connectivity index (χ4v) is 1.50. The molecule has 2 N–H and O–H groups in total. The van der Waals surface area contributed by atoms with Crippen LogP contribution >= 0.6 is 15.9 Å². The van der Waals surface area contributed by atoms with E-state index in [2.05, 4.69) is 21.2 Å². The molecule has 58 valence electrons. The molecule has 1 aromatic rings. The molecule has 0 saturated carbocycles. The number of anilines is 1. The molecule has 0 radical (unpaired) electrons. The lowest BCUT2D eigenvalue weighted by Crippen LogP contribution is -1.94. The minimum absolute atomic E-state index is 0.891. The Morgan fingerprint density at radius 1 is 1.55 bits per heavy atom. The van der Waals surface area contributed by atoms with Crippen LogP contribution in [0.1, 0.15) is 5.56 Å². The Labute approximate surface area is 74.3 Å². The third kappa shape index (κ3) is 1.60. The van der Waals surface area contributed by atoms with Gasteiger partial charge in [-0.2, -0.15) is 0 Å². The molecule has 1 rings (SSSR count). The second-order valence-electron chi connectivity index (χ2n) is 2.10. The van der Waals surface area contributed by atoms with Gasteiger partial charge in [0, 0.05) is 23.3 Å². The predicted octanol–water partition coefficient (Wildman–Crippen LogP) is 2.49. The summed E-state index contributed by atoms with van der Waals surface area (Å²) in [5.74, 6) is 0. The predicted molar refractivity (Wildman–Crippen MR) is 51.6 cm³/mol. The van der Waals surface area contributed by atoms with E-state index in [9.17, 15) is 0 Å². The van der Waals surface area contributed by atoms with Gasteiger partial charge in [0.2, 0.25) is 0 Å².